The van der Waals surface area contributed by atoms with Gasteiger partial charge in [-0.3, -0.25) is 0 Å². The normalized spacial score (nSPS) is 30.7. The lowest BCUT2D eigenvalue weighted by molar-refractivity contribution is -0.0494. The molecule has 4 heteroatoms. The van der Waals surface area contributed by atoms with E-state index in [1.807, 2.05) is 25.8 Å². The predicted molar refractivity (Wildman–Crippen MR) is 47.0 cm³/mol. The van der Waals surface area contributed by atoms with Gasteiger partial charge in [-0.25, -0.2) is 8.78 Å². The molecule has 13 heavy (non-hydrogen) atoms. The molecule has 1 fully saturated rings. The second-order valence-corrected chi connectivity index (χ2v) is 3.94. The summed E-state index contributed by atoms with van der Waals surface area (Å²) in [5, 5.41) is 0. The first kappa shape index (κ1) is 10.9. The maximum absolute atomic E-state index is 12.5. The Morgan fingerprint density at radius 2 is 1.92 bits per heavy atom. The van der Waals surface area contributed by atoms with Crippen molar-refractivity contribution in [2.45, 2.75) is 32.5 Å². The molecule has 0 N–H and O–H groups in total. The van der Waals surface area contributed by atoms with E-state index in [1.165, 1.54) is 0 Å². The van der Waals surface area contributed by atoms with Crippen molar-refractivity contribution in [3.05, 3.63) is 0 Å². The van der Waals surface area contributed by atoms with Crippen LogP contribution in [0.25, 0.3) is 0 Å². The number of likely N-dealkylation sites (N-methyl/N-ethyl adjacent to an activating group) is 1. The molecule has 1 heterocycles. The molecule has 0 aromatic rings. The van der Waals surface area contributed by atoms with Crippen LogP contribution in [0.4, 0.5) is 8.78 Å². The van der Waals surface area contributed by atoms with Crippen molar-refractivity contribution < 1.29 is 13.5 Å². The van der Waals surface area contributed by atoms with Crippen molar-refractivity contribution in [3.8, 4) is 0 Å². The van der Waals surface area contributed by atoms with Crippen LogP contribution in [0.2, 0.25) is 0 Å². The maximum atomic E-state index is 12.5. The van der Waals surface area contributed by atoms with Crippen LogP contribution in [0.15, 0.2) is 0 Å². The number of alkyl halides is 2. The van der Waals surface area contributed by atoms with Crippen molar-refractivity contribution >= 4 is 0 Å². The molecule has 2 atom stereocenters. The Bertz CT molecular complexity index is 164. The summed E-state index contributed by atoms with van der Waals surface area (Å²) in [5.41, 5.74) is 0. The van der Waals surface area contributed by atoms with Gasteiger partial charge in [0, 0.05) is 13.1 Å². The fourth-order valence-corrected chi connectivity index (χ4v) is 1.73. The molecule has 2 nitrogen and oxygen atoms in total. The van der Waals surface area contributed by atoms with Crippen molar-refractivity contribution in [1.29, 1.82) is 0 Å². The van der Waals surface area contributed by atoms with Gasteiger partial charge in [0.1, 0.15) is 0 Å². The number of rotatable bonds is 3. The maximum Gasteiger partial charge on any atom is 0.245 e. The van der Waals surface area contributed by atoms with Crippen LogP contribution in [0.5, 0.6) is 0 Å². The van der Waals surface area contributed by atoms with E-state index in [1.54, 1.807) is 0 Å². The van der Waals surface area contributed by atoms with E-state index < -0.39 is 12.3 Å². The standard InChI is InChI=1S/C9H17F2NO/c1-6(2)13-8-5-12(3)4-7(8)9(10)11/h6-9H,4-5H2,1-3H3/t7-,8-/m1/s1. The van der Waals surface area contributed by atoms with Gasteiger partial charge in [-0.05, 0) is 20.9 Å². The Morgan fingerprint density at radius 1 is 1.31 bits per heavy atom. The van der Waals surface area contributed by atoms with Crippen molar-refractivity contribution in [1.82, 2.24) is 4.90 Å². The van der Waals surface area contributed by atoms with Crippen LogP contribution in [-0.4, -0.2) is 43.7 Å². The summed E-state index contributed by atoms with van der Waals surface area (Å²) in [7, 11) is 1.85. The fraction of sp³-hybridized carbons (Fsp3) is 1.00. The molecule has 0 aromatic carbocycles. The molecule has 0 aliphatic carbocycles. The number of hydrogen-bond donors (Lipinski definition) is 0. The Kier molecular flexibility index (Phi) is 3.62. The van der Waals surface area contributed by atoms with E-state index in [9.17, 15) is 8.78 Å². The van der Waals surface area contributed by atoms with Crippen LogP contribution in [0, 0.1) is 5.92 Å². The second kappa shape index (κ2) is 4.33. The summed E-state index contributed by atoms with van der Waals surface area (Å²) in [6.07, 6.45) is -2.54. The fourth-order valence-electron chi connectivity index (χ4n) is 1.73. The van der Waals surface area contributed by atoms with Crippen LogP contribution >= 0.6 is 0 Å². The van der Waals surface area contributed by atoms with E-state index in [0.717, 1.165) is 0 Å². The van der Waals surface area contributed by atoms with Gasteiger partial charge in [0.15, 0.2) is 0 Å². The van der Waals surface area contributed by atoms with Gasteiger partial charge in [-0.15, -0.1) is 0 Å². The van der Waals surface area contributed by atoms with E-state index >= 15 is 0 Å². The number of halogens is 2. The van der Waals surface area contributed by atoms with Crippen molar-refractivity contribution in [2.75, 3.05) is 20.1 Å². The van der Waals surface area contributed by atoms with Gasteiger partial charge < -0.3 is 9.64 Å². The van der Waals surface area contributed by atoms with Crippen LogP contribution < -0.4 is 0 Å². The summed E-state index contributed by atoms with van der Waals surface area (Å²) in [5.74, 6) is -0.618. The molecule has 0 unspecified atom stereocenters. The Morgan fingerprint density at radius 3 is 2.38 bits per heavy atom. The zero-order valence-electron chi connectivity index (χ0n) is 8.34. The summed E-state index contributed by atoms with van der Waals surface area (Å²) in [6.45, 7) is 4.81. The lowest BCUT2D eigenvalue weighted by atomic mass is 10.1. The minimum atomic E-state index is -2.27. The monoisotopic (exact) mass is 193 g/mol. The highest BCUT2D eigenvalue weighted by molar-refractivity contribution is 4.85. The van der Waals surface area contributed by atoms with Crippen molar-refractivity contribution in [2.24, 2.45) is 5.92 Å². The summed E-state index contributed by atoms with van der Waals surface area (Å²) in [6, 6.07) is 0. The summed E-state index contributed by atoms with van der Waals surface area (Å²) >= 11 is 0. The molecule has 1 rings (SSSR count). The molecule has 1 aliphatic rings. The van der Waals surface area contributed by atoms with E-state index in [0.29, 0.717) is 13.1 Å². The minimum absolute atomic E-state index is 0.0257. The highest BCUT2D eigenvalue weighted by atomic mass is 19.3. The average Bonchev–Trinajstić information content (AvgIpc) is 2.29. The van der Waals surface area contributed by atoms with Crippen LogP contribution in [0.3, 0.4) is 0 Å². The molecule has 1 saturated heterocycles. The first-order valence-corrected chi connectivity index (χ1v) is 4.63. The molecule has 0 aromatic heterocycles. The van der Waals surface area contributed by atoms with Gasteiger partial charge in [-0.1, -0.05) is 0 Å². The molecular formula is C9H17F2NO. The number of nitrogens with zero attached hydrogens (tertiary/aromatic N) is 1. The van der Waals surface area contributed by atoms with Crippen LogP contribution in [-0.2, 0) is 4.74 Å². The van der Waals surface area contributed by atoms with Gasteiger partial charge >= 0.3 is 0 Å². The number of ether oxygens (including phenoxy) is 1. The molecular weight excluding hydrogens is 176 g/mol. The van der Waals surface area contributed by atoms with E-state index in [2.05, 4.69) is 0 Å². The Balaban J connectivity index is 2.50. The highest BCUT2D eigenvalue weighted by Crippen LogP contribution is 2.25. The smallest absolute Gasteiger partial charge is 0.245 e. The average molecular weight is 193 g/mol. The highest BCUT2D eigenvalue weighted by Gasteiger charge is 2.38. The zero-order valence-corrected chi connectivity index (χ0v) is 8.34. The Hall–Kier alpha value is -0.220. The number of hydrogen-bond acceptors (Lipinski definition) is 2. The Labute approximate surface area is 77.9 Å². The summed E-state index contributed by atoms with van der Waals surface area (Å²) in [4.78, 5) is 1.89. The molecule has 0 amide bonds. The minimum Gasteiger partial charge on any atom is -0.374 e. The quantitative estimate of drug-likeness (QED) is 0.675. The van der Waals surface area contributed by atoms with E-state index in [4.69, 9.17) is 4.74 Å². The van der Waals surface area contributed by atoms with Crippen molar-refractivity contribution in [3.63, 3.8) is 0 Å². The van der Waals surface area contributed by atoms with Gasteiger partial charge in [-0.2, -0.15) is 0 Å². The third-order valence-corrected chi connectivity index (χ3v) is 2.26. The zero-order chi connectivity index (χ0) is 10.0. The molecule has 0 saturated carbocycles. The second-order valence-electron chi connectivity index (χ2n) is 3.94. The topological polar surface area (TPSA) is 12.5 Å². The van der Waals surface area contributed by atoms with Gasteiger partial charge in [0.25, 0.3) is 0 Å². The third-order valence-electron chi connectivity index (χ3n) is 2.26. The first-order valence-electron chi connectivity index (χ1n) is 4.63. The van der Waals surface area contributed by atoms with Gasteiger partial charge in [0.05, 0.1) is 18.1 Å². The molecule has 0 spiro atoms. The van der Waals surface area contributed by atoms with Gasteiger partial charge in [0.2, 0.25) is 6.43 Å². The SMILES string of the molecule is CC(C)O[C@@H]1CN(C)C[C@H]1C(F)F. The lowest BCUT2D eigenvalue weighted by Crippen LogP contribution is -2.30. The summed E-state index contributed by atoms with van der Waals surface area (Å²) < 4.78 is 30.4. The van der Waals surface area contributed by atoms with Crippen LogP contribution in [0.1, 0.15) is 13.8 Å². The first-order chi connectivity index (χ1) is 6.00. The largest absolute Gasteiger partial charge is 0.374 e. The molecule has 0 bridgehead atoms. The third kappa shape index (κ3) is 2.88. The van der Waals surface area contributed by atoms with E-state index in [-0.39, 0.29) is 12.2 Å². The predicted octanol–water partition coefficient (Wildman–Crippen LogP) is 1.61. The lowest BCUT2D eigenvalue weighted by Gasteiger charge is -2.20. The number of likely N-dealkylation sites (tertiary alicyclic amines) is 1. The molecule has 78 valence electrons. The molecule has 1 aliphatic heterocycles. The molecule has 0 radical (unpaired) electrons.